The van der Waals surface area contributed by atoms with Gasteiger partial charge < -0.3 is 10.2 Å². The van der Waals surface area contributed by atoms with Crippen molar-refractivity contribution >= 4 is 0 Å². The molecule has 0 fully saturated rings. The number of unbranched alkanes of at least 4 members (excludes halogenated alkanes) is 1. The van der Waals surface area contributed by atoms with Crippen LogP contribution in [-0.4, -0.2) is 10.2 Å². The summed E-state index contributed by atoms with van der Waals surface area (Å²) in [6, 6.07) is 25.8. The third-order valence-electron chi connectivity index (χ3n) is 5.73. The van der Waals surface area contributed by atoms with Gasteiger partial charge in [0.25, 0.3) is 0 Å². The van der Waals surface area contributed by atoms with Crippen LogP contribution in [0.25, 0.3) is 0 Å². The third-order valence-corrected chi connectivity index (χ3v) is 5.73. The van der Waals surface area contributed by atoms with Gasteiger partial charge in [0.2, 0.25) is 0 Å². The highest BCUT2D eigenvalue weighted by Gasteiger charge is 2.39. The number of rotatable bonds is 7. The van der Waals surface area contributed by atoms with Crippen molar-refractivity contribution in [2.24, 2.45) is 0 Å². The summed E-state index contributed by atoms with van der Waals surface area (Å²) in [5.41, 5.74) is 3.43. The normalized spacial score (nSPS) is 12.7. The van der Waals surface area contributed by atoms with Gasteiger partial charge in [0.15, 0.2) is 0 Å². The maximum atomic E-state index is 9.83. The second-order valence-electron chi connectivity index (χ2n) is 7.30. The first-order valence-electron chi connectivity index (χ1n) is 9.72. The molecule has 1 atom stereocenters. The van der Waals surface area contributed by atoms with Crippen LogP contribution in [-0.2, 0) is 5.41 Å². The first kappa shape index (κ1) is 19.0. The van der Waals surface area contributed by atoms with E-state index in [1.54, 1.807) is 24.3 Å². The van der Waals surface area contributed by atoms with Crippen molar-refractivity contribution in [1.29, 1.82) is 0 Å². The Morgan fingerprint density at radius 2 is 1.22 bits per heavy atom. The van der Waals surface area contributed by atoms with Crippen LogP contribution < -0.4 is 0 Å². The van der Waals surface area contributed by atoms with Gasteiger partial charge in [-0.1, -0.05) is 81.3 Å². The lowest BCUT2D eigenvalue weighted by Crippen LogP contribution is -2.34. The van der Waals surface area contributed by atoms with Crippen LogP contribution in [0.15, 0.2) is 78.9 Å². The predicted molar refractivity (Wildman–Crippen MR) is 111 cm³/mol. The molecule has 0 radical (unpaired) electrons. The molecule has 2 N–H and O–H groups in total. The van der Waals surface area contributed by atoms with Gasteiger partial charge in [0, 0.05) is 5.41 Å². The summed E-state index contributed by atoms with van der Waals surface area (Å²) in [7, 11) is 0. The lowest BCUT2D eigenvalue weighted by Gasteiger charge is -2.41. The fraction of sp³-hybridized carbons (Fsp3) is 0.280. The summed E-state index contributed by atoms with van der Waals surface area (Å²) in [5, 5.41) is 19.7. The van der Waals surface area contributed by atoms with Crippen molar-refractivity contribution in [3.63, 3.8) is 0 Å². The molecule has 0 aliphatic rings. The van der Waals surface area contributed by atoms with Crippen molar-refractivity contribution in [1.82, 2.24) is 0 Å². The Labute approximate surface area is 162 Å². The molecule has 3 rings (SSSR count). The Bertz CT molecular complexity index is 790. The van der Waals surface area contributed by atoms with Crippen molar-refractivity contribution in [2.45, 2.75) is 44.4 Å². The number of phenols is 2. The Morgan fingerprint density at radius 3 is 1.67 bits per heavy atom. The molecule has 2 nitrogen and oxygen atoms in total. The smallest absolute Gasteiger partial charge is 0.115 e. The SMILES string of the molecule is CCCCC(c1ccc(O)cc1)(c1ccc(O)cc1)C(C)c1ccccc1. The number of hydrogen-bond acceptors (Lipinski definition) is 2. The molecule has 2 heteroatoms. The molecule has 0 bridgehead atoms. The third kappa shape index (κ3) is 3.85. The van der Waals surface area contributed by atoms with Crippen LogP contribution >= 0.6 is 0 Å². The average Bonchev–Trinajstić information content (AvgIpc) is 2.71. The van der Waals surface area contributed by atoms with E-state index < -0.39 is 0 Å². The summed E-state index contributed by atoms with van der Waals surface area (Å²) in [5.74, 6) is 0.793. The first-order chi connectivity index (χ1) is 13.1. The van der Waals surface area contributed by atoms with E-state index in [0.29, 0.717) is 0 Å². The van der Waals surface area contributed by atoms with Gasteiger partial charge in [0.05, 0.1) is 0 Å². The maximum Gasteiger partial charge on any atom is 0.115 e. The molecule has 0 saturated heterocycles. The number of hydrogen-bond donors (Lipinski definition) is 2. The van der Waals surface area contributed by atoms with Gasteiger partial charge in [-0.15, -0.1) is 0 Å². The Hall–Kier alpha value is -2.74. The quantitative estimate of drug-likeness (QED) is 0.513. The zero-order valence-corrected chi connectivity index (χ0v) is 16.1. The molecule has 140 valence electrons. The van der Waals surface area contributed by atoms with E-state index in [0.717, 1.165) is 19.3 Å². The van der Waals surface area contributed by atoms with Crippen molar-refractivity contribution in [3.05, 3.63) is 95.6 Å². The zero-order chi connectivity index (χ0) is 19.3. The zero-order valence-electron chi connectivity index (χ0n) is 16.1. The van der Waals surface area contributed by atoms with Crippen molar-refractivity contribution < 1.29 is 10.2 Å². The second-order valence-corrected chi connectivity index (χ2v) is 7.30. The fourth-order valence-electron chi connectivity index (χ4n) is 4.17. The van der Waals surface area contributed by atoms with Gasteiger partial charge in [0.1, 0.15) is 11.5 Å². The second kappa shape index (κ2) is 8.30. The van der Waals surface area contributed by atoms with Gasteiger partial charge in [-0.2, -0.15) is 0 Å². The molecule has 27 heavy (non-hydrogen) atoms. The molecule has 0 spiro atoms. The monoisotopic (exact) mass is 360 g/mol. The fourth-order valence-corrected chi connectivity index (χ4v) is 4.17. The van der Waals surface area contributed by atoms with E-state index >= 15 is 0 Å². The lowest BCUT2D eigenvalue weighted by atomic mass is 9.62. The number of benzene rings is 3. The van der Waals surface area contributed by atoms with E-state index in [2.05, 4.69) is 38.1 Å². The molecule has 3 aromatic carbocycles. The molecule has 3 aromatic rings. The molecule has 0 amide bonds. The standard InChI is InChI=1S/C25H28O2/c1-3-4-18-25(21-10-14-23(26)15-11-21,22-12-16-24(27)17-13-22)19(2)20-8-6-5-7-9-20/h5-17,19,26-27H,3-4,18H2,1-2H3. The average molecular weight is 360 g/mol. The lowest BCUT2D eigenvalue weighted by molar-refractivity contribution is 0.385. The summed E-state index contributed by atoms with van der Waals surface area (Å²) in [6.07, 6.45) is 3.20. The maximum absolute atomic E-state index is 9.83. The molecule has 0 aromatic heterocycles. The van der Waals surface area contributed by atoms with Crippen LogP contribution in [0.1, 0.15) is 55.7 Å². The van der Waals surface area contributed by atoms with Crippen LogP contribution in [0.2, 0.25) is 0 Å². The Balaban J connectivity index is 2.23. The molecule has 0 aliphatic carbocycles. The van der Waals surface area contributed by atoms with Gasteiger partial charge in [-0.3, -0.25) is 0 Å². The van der Waals surface area contributed by atoms with Crippen LogP contribution in [0.3, 0.4) is 0 Å². The van der Waals surface area contributed by atoms with E-state index in [-0.39, 0.29) is 22.8 Å². The van der Waals surface area contributed by atoms with Crippen molar-refractivity contribution in [2.75, 3.05) is 0 Å². The predicted octanol–water partition coefficient (Wildman–Crippen LogP) is 6.38. The summed E-state index contributed by atoms with van der Waals surface area (Å²) >= 11 is 0. The molecular formula is C25H28O2. The first-order valence-corrected chi connectivity index (χ1v) is 9.72. The highest BCUT2D eigenvalue weighted by atomic mass is 16.3. The molecule has 0 heterocycles. The van der Waals surface area contributed by atoms with E-state index in [9.17, 15) is 10.2 Å². The summed E-state index contributed by atoms with van der Waals surface area (Å²) < 4.78 is 0. The van der Waals surface area contributed by atoms with Crippen LogP contribution in [0.5, 0.6) is 11.5 Å². The minimum atomic E-state index is -0.237. The van der Waals surface area contributed by atoms with Gasteiger partial charge >= 0.3 is 0 Å². The number of phenolic OH excluding ortho intramolecular Hbond substituents is 2. The van der Waals surface area contributed by atoms with E-state index in [4.69, 9.17) is 0 Å². The summed E-state index contributed by atoms with van der Waals surface area (Å²) in [6.45, 7) is 4.50. The molecule has 1 unspecified atom stereocenters. The van der Waals surface area contributed by atoms with Crippen molar-refractivity contribution in [3.8, 4) is 11.5 Å². The Kier molecular flexibility index (Phi) is 5.85. The Morgan fingerprint density at radius 1 is 0.741 bits per heavy atom. The minimum Gasteiger partial charge on any atom is -0.508 e. The van der Waals surface area contributed by atoms with E-state index in [1.807, 2.05) is 30.3 Å². The van der Waals surface area contributed by atoms with Gasteiger partial charge in [-0.25, -0.2) is 0 Å². The number of aromatic hydroxyl groups is 2. The molecule has 0 aliphatic heterocycles. The highest BCUT2D eigenvalue weighted by molar-refractivity contribution is 5.47. The molecular weight excluding hydrogens is 332 g/mol. The van der Waals surface area contributed by atoms with Gasteiger partial charge in [-0.05, 0) is 53.3 Å². The largest absolute Gasteiger partial charge is 0.508 e. The molecule has 0 saturated carbocycles. The van der Waals surface area contributed by atoms with E-state index in [1.165, 1.54) is 16.7 Å². The summed E-state index contributed by atoms with van der Waals surface area (Å²) in [4.78, 5) is 0. The minimum absolute atomic E-state index is 0.235. The van der Waals surface area contributed by atoms with Crippen LogP contribution in [0, 0.1) is 0 Å². The van der Waals surface area contributed by atoms with Crippen LogP contribution in [0.4, 0.5) is 0 Å². The topological polar surface area (TPSA) is 40.5 Å². The highest BCUT2D eigenvalue weighted by Crippen LogP contribution is 2.48.